The van der Waals surface area contributed by atoms with E-state index < -0.39 is 21.2 Å². The first-order chi connectivity index (χ1) is 28.0. The maximum absolute atomic E-state index is 12.8. The minimum atomic E-state index is -2.87. The van der Waals surface area contributed by atoms with Gasteiger partial charge in [-0.25, -0.2) is 13.4 Å². The molecule has 8 rings (SSSR count). The van der Waals surface area contributed by atoms with Crippen LogP contribution in [-0.2, 0) is 14.6 Å². The summed E-state index contributed by atoms with van der Waals surface area (Å²) in [6.07, 6.45) is 22.3. The Hall–Kier alpha value is -2.69. The monoisotopic (exact) mass is 832 g/mol. The molecule has 7 aliphatic rings. The van der Waals surface area contributed by atoms with Crippen LogP contribution in [0.25, 0.3) is 0 Å². The van der Waals surface area contributed by atoms with Crippen molar-refractivity contribution in [3.8, 4) is 11.6 Å². The molecular formula is C49H73N3O6S. The Morgan fingerprint density at radius 3 is 2.46 bits per heavy atom. The summed E-state index contributed by atoms with van der Waals surface area (Å²) in [5, 5.41) is 14.7. The maximum Gasteiger partial charge on any atom is 0.310 e. The number of allylic oxidation sites excluding steroid dienone is 5. The van der Waals surface area contributed by atoms with Crippen LogP contribution in [0.4, 0.5) is 0 Å². The molecule has 0 amide bonds. The van der Waals surface area contributed by atoms with E-state index in [1.807, 2.05) is 0 Å². The zero-order valence-electron chi connectivity index (χ0n) is 37.0. The molecule has 2 N–H and O–H groups in total. The number of hydrogen-bond donors (Lipinski definition) is 2. The molecule has 0 spiro atoms. The van der Waals surface area contributed by atoms with Gasteiger partial charge in [0.2, 0.25) is 5.88 Å². The fourth-order valence-electron chi connectivity index (χ4n) is 15.4. The Kier molecular flexibility index (Phi) is 11.4. The lowest BCUT2D eigenvalue weighted by Gasteiger charge is -2.72. The molecule has 1 aromatic rings. The van der Waals surface area contributed by atoms with Crippen LogP contribution in [-0.4, -0.2) is 86.3 Å². The van der Waals surface area contributed by atoms with Crippen molar-refractivity contribution in [1.82, 2.24) is 15.2 Å². The second-order valence-corrected chi connectivity index (χ2v) is 23.7. The predicted molar refractivity (Wildman–Crippen MR) is 234 cm³/mol. The van der Waals surface area contributed by atoms with Crippen LogP contribution in [0.2, 0.25) is 0 Å². The quantitative estimate of drug-likeness (QED) is 0.199. The van der Waals surface area contributed by atoms with Gasteiger partial charge in [-0.3, -0.25) is 4.79 Å². The highest BCUT2D eigenvalue weighted by Crippen LogP contribution is 2.76. The molecule has 2 unspecified atom stereocenters. The number of fused-ring (bicyclic) bond motifs is 7. The van der Waals surface area contributed by atoms with Crippen LogP contribution in [0.5, 0.6) is 11.6 Å². The van der Waals surface area contributed by atoms with Gasteiger partial charge >= 0.3 is 5.97 Å². The third-order valence-corrected chi connectivity index (χ3v) is 20.5. The van der Waals surface area contributed by atoms with Gasteiger partial charge in [-0.15, -0.1) is 6.58 Å². The summed E-state index contributed by atoms with van der Waals surface area (Å²) in [6.45, 7) is 21.0. The Morgan fingerprint density at radius 1 is 0.983 bits per heavy atom. The number of pyridine rings is 1. The highest BCUT2D eigenvalue weighted by atomic mass is 32.2. The lowest BCUT2D eigenvalue weighted by atomic mass is 9.33. The Labute approximate surface area is 355 Å². The number of carbonyl (C=O) groups is 1. The Balaban J connectivity index is 0.976. The molecule has 10 heteroatoms. The van der Waals surface area contributed by atoms with Crippen molar-refractivity contribution < 1.29 is 27.8 Å². The number of nitrogens with one attached hydrogen (secondary N) is 1. The fraction of sp³-hybridized carbons (Fsp3) is 0.755. The third-order valence-electron chi connectivity index (χ3n) is 18.9. The van der Waals surface area contributed by atoms with Crippen LogP contribution in [0, 0.1) is 56.7 Å². The van der Waals surface area contributed by atoms with Crippen LogP contribution in [0.15, 0.2) is 54.3 Å². The van der Waals surface area contributed by atoms with Crippen LogP contribution < -0.4 is 14.8 Å². The zero-order valence-corrected chi connectivity index (χ0v) is 37.8. The number of sulfone groups is 1. The molecule has 1 aliphatic heterocycles. The van der Waals surface area contributed by atoms with Gasteiger partial charge in [0.15, 0.2) is 9.84 Å². The summed E-state index contributed by atoms with van der Waals surface area (Å²) in [6, 6.07) is 3.51. The fourth-order valence-corrected chi connectivity index (χ4v) is 16.7. The molecule has 1 aromatic heterocycles. The smallest absolute Gasteiger partial charge is 0.310 e. The number of ether oxygens (including phenoxy) is 2. The van der Waals surface area contributed by atoms with E-state index >= 15 is 0 Å². The second kappa shape index (κ2) is 15.6. The second-order valence-electron chi connectivity index (χ2n) is 21.4. The molecular weight excluding hydrogens is 759 g/mol. The molecule has 4 saturated carbocycles. The van der Waals surface area contributed by atoms with Crippen LogP contribution in [0.1, 0.15) is 118 Å². The molecule has 0 aromatic carbocycles. The maximum atomic E-state index is 12.8. The molecule has 9 nitrogen and oxygen atoms in total. The van der Waals surface area contributed by atoms with Gasteiger partial charge in [-0.1, -0.05) is 52.8 Å². The first-order valence-electron chi connectivity index (χ1n) is 23.0. The summed E-state index contributed by atoms with van der Waals surface area (Å²) in [4.78, 5) is 19.4. The van der Waals surface area contributed by atoms with E-state index in [2.05, 4.69) is 74.6 Å². The standard InChI is InChI=1S/C49H73N3O6S/c1-8-34-13-21-49(51-26-27-52-28-31-59(55,56)32-29-52)23-22-46(5)38(42(34)49)9-10-40-45(4)17-14-37(44(2,3)39(45)15-18-47(40,46)6)35-11-19-48(20-12-35,43(53)54)24-30-58-41-33-36(57-7)16-25-50-41/h8,11,14,16,25,33-34,38-40,42,51H,1,9-10,12-13,15,17-24,26-32H2,2-7H3,(H,53,54)/t34-,38-,39+,40?,42-,45+,46-,47-,48?,49+/m1/s1. The molecule has 10 atom stereocenters. The molecule has 0 bridgehead atoms. The van der Waals surface area contributed by atoms with Crippen LogP contribution >= 0.6 is 0 Å². The molecule has 59 heavy (non-hydrogen) atoms. The number of rotatable bonds is 12. The van der Waals surface area contributed by atoms with Gasteiger partial charge in [0.05, 0.1) is 30.6 Å². The number of methoxy groups -OCH3 is 1. The number of nitrogens with zero attached hydrogens (tertiary/aromatic N) is 2. The van der Waals surface area contributed by atoms with E-state index in [-0.39, 0.29) is 27.2 Å². The van der Waals surface area contributed by atoms with E-state index in [4.69, 9.17) is 9.47 Å². The first kappa shape index (κ1) is 43.0. The third kappa shape index (κ3) is 7.15. The summed E-state index contributed by atoms with van der Waals surface area (Å²) in [5.41, 5.74) is 2.88. The van der Waals surface area contributed by atoms with Gasteiger partial charge < -0.3 is 24.8 Å². The molecule has 326 valence electrons. The largest absolute Gasteiger partial charge is 0.497 e. The van der Waals surface area contributed by atoms with Crippen molar-refractivity contribution in [2.75, 3.05) is 51.4 Å². The molecule has 6 aliphatic carbocycles. The minimum absolute atomic E-state index is 0.00581. The van der Waals surface area contributed by atoms with E-state index in [9.17, 15) is 18.3 Å². The number of aromatic nitrogens is 1. The number of aliphatic carboxylic acids is 1. The van der Waals surface area contributed by atoms with Gasteiger partial charge in [0.1, 0.15) is 5.75 Å². The first-order valence-corrected chi connectivity index (χ1v) is 24.8. The van der Waals surface area contributed by atoms with Gasteiger partial charge in [-0.05, 0) is 152 Å². The Morgan fingerprint density at radius 2 is 1.76 bits per heavy atom. The van der Waals surface area contributed by atoms with E-state index in [0.29, 0.717) is 91.7 Å². The number of carboxylic acid groups (broad SMARTS) is 1. The van der Waals surface area contributed by atoms with Gasteiger partial charge in [0, 0.05) is 44.0 Å². The van der Waals surface area contributed by atoms with Crippen molar-refractivity contribution in [2.45, 2.75) is 124 Å². The highest BCUT2D eigenvalue weighted by Gasteiger charge is 2.70. The van der Waals surface area contributed by atoms with Crippen molar-refractivity contribution in [1.29, 1.82) is 0 Å². The zero-order chi connectivity index (χ0) is 42.1. The van der Waals surface area contributed by atoms with Crippen molar-refractivity contribution >= 4 is 15.8 Å². The summed E-state index contributed by atoms with van der Waals surface area (Å²) < 4.78 is 35.4. The van der Waals surface area contributed by atoms with E-state index in [0.717, 1.165) is 25.9 Å². The van der Waals surface area contributed by atoms with E-state index in [1.54, 1.807) is 25.4 Å². The SMILES string of the molecule is C=C[C@@H]1CC[C@]2(NCCN3CCS(=O)(=O)CC3)CC[C@]3(C)[C@H](CCC4[C@@]5(C)CC=C(C6=CCC(CCOc7cc(OC)ccn7)(C(=O)O)CC6)C(C)(C)[C@@H]5CC[C@]43C)[C@@H]12. The highest BCUT2D eigenvalue weighted by molar-refractivity contribution is 7.91. The lowest BCUT2D eigenvalue weighted by Crippen LogP contribution is -2.68. The van der Waals surface area contributed by atoms with Crippen molar-refractivity contribution in [3.05, 3.63) is 54.3 Å². The molecule has 0 radical (unpaired) electrons. The van der Waals surface area contributed by atoms with Crippen molar-refractivity contribution in [3.63, 3.8) is 0 Å². The molecule has 1 saturated heterocycles. The van der Waals surface area contributed by atoms with Gasteiger partial charge in [-0.2, -0.15) is 0 Å². The molecule has 5 fully saturated rings. The van der Waals surface area contributed by atoms with Crippen LogP contribution in [0.3, 0.4) is 0 Å². The predicted octanol–water partition coefficient (Wildman–Crippen LogP) is 8.92. The number of hydrogen-bond acceptors (Lipinski definition) is 8. The summed E-state index contributed by atoms with van der Waals surface area (Å²) >= 11 is 0. The minimum Gasteiger partial charge on any atom is -0.497 e. The summed E-state index contributed by atoms with van der Waals surface area (Å²) in [7, 11) is -1.26. The Bertz CT molecular complexity index is 1950. The topological polar surface area (TPSA) is 118 Å². The average molecular weight is 832 g/mol. The summed E-state index contributed by atoms with van der Waals surface area (Å²) in [5.74, 6) is 4.00. The van der Waals surface area contributed by atoms with Gasteiger partial charge in [0.25, 0.3) is 0 Å². The molecule has 2 heterocycles. The van der Waals surface area contributed by atoms with Crippen molar-refractivity contribution in [2.24, 2.45) is 56.7 Å². The van der Waals surface area contributed by atoms with E-state index in [1.165, 1.54) is 62.5 Å². The normalized spacial score (nSPS) is 41.2. The average Bonchev–Trinajstić information content (AvgIpc) is 3.58. The number of carboxylic acids is 1. The lowest BCUT2D eigenvalue weighted by molar-refractivity contribution is -0.220.